The van der Waals surface area contributed by atoms with Gasteiger partial charge in [0, 0.05) is 31.0 Å². The van der Waals surface area contributed by atoms with Gasteiger partial charge in [-0.3, -0.25) is 9.59 Å². The lowest BCUT2D eigenvalue weighted by molar-refractivity contribution is -0.139. The number of ether oxygens (including phenoxy) is 3. The van der Waals surface area contributed by atoms with E-state index in [1.165, 1.54) is 0 Å². The molecule has 2 aromatic carbocycles. The molecule has 0 unspecified atom stereocenters. The number of benzene rings is 2. The normalized spacial score (nSPS) is 24.0. The summed E-state index contributed by atoms with van der Waals surface area (Å²) in [6.07, 6.45) is 7.60. The number of rotatable bonds is 6. The fraction of sp³-hybridized carbons (Fsp3) is 0.486. The second kappa shape index (κ2) is 14.1. The van der Waals surface area contributed by atoms with Crippen LogP contribution in [0.2, 0.25) is 0 Å². The van der Waals surface area contributed by atoms with E-state index in [1.807, 2.05) is 62.4 Å². The first-order valence-electron chi connectivity index (χ1n) is 15.7. The Balaban J connectivity index is 1.43. The number of hydrogen-bond donors (Lipinski definition) is 1. The van der Waals surface area contributed by atoms with E-state index >= 15 is 0 Å². The van der Waals surface area contributed by atoms with E-state index in [4.69, 9.17) is 24.2 Å². The number of hydrogen-bond acceptors (Lipinski definition) is 7. The van der Waals surface area contributed by atoms with Crippen molar-refractivity contribution in [3.05, 3.63) is 54.6 Å². The maximum Gasteiger partial charge on any atom is 0.243 e. The minimum atomic E-state index is -0.602. The van der Waals surface area contributed by atoms with Gasteiger partial charge in [0.25, 0.3) is 0 Å². The number of fused-ring (bicyclic) bond motifs is 2. The Morgan fingerprint density at radius 1 is 0.955 bits per heavy atom. The number of methoxy groups -OCH3 is 1. The van der Waals surface area contributed by atoms with Crippen LogP contribution < -0.4 is 19.5 Å². The molecule has 9 nitrogen and oxygen atoms in total. The molecule has 0 radical (unpaired) electrons. The van der Waals surface area contributed by atoms with Gasteiger partial charge >= 0.3 is 0 Å². The van der Waals surface area contributed by atoms with Crippen LogP contribution in [0.5, 0.6) is 17.4 Å². The van der Waals surface area contributed by atoms with Crippen molar-refractivity contribution in [3.8, 4) is 28.8 Å². The van der Waals surface area contributed by atoms with E-state index < -0.39 is 12.1 Å². The Morgan fingerprint density at radius 2 is 1.73 bits per heavy atom. The van der Waals surface area contributed by atoms with Crippen molar-refractivity contribution >= 4 is 22.7 Å². The fourth-order valence-corrected chi connectivity index (χ4v) is 6.11. The summed E-state index contributed by atoms with van der Waals surface area (Å²) >= 11 is 0. The topological polar surface area (TPSA) is 103 Å². The van der Waals surface area contributed by atoms with Crippen LogP contribution in [0.25, 0.3) is 22.3 Å². The number of nitrogens with zero attached hydrogens (tertiary/aromatic N) is 3. The molecule has 2 aliphatic rings. The third kappa shape index (κ3) is 7.68. The van der Waals surface area contributed by atoms with E-state index in [1.54, 1.807) is 12.0 Å². The molecule has 1 aromatic heterocycles. The van der Waals surface area contributed by atoms with Gasteiger partial charge < -0.3 is 24.4 Å². The summed E-state index contributed by atoms with van der Waals surface area (Å²) in [5.74, 6) is 2.94. The van der Waals surface area contributed by atoms with Crippen LogP contribution in [0.4, 0.5) is 0 Å². The highest BCUT2D eigenvalue weighted by Gasteiger charge is 2.41. The smallest absolute Gasteiger partial charge is 0.243 e. The summed E-state index contributed by atoms with van der Waals surface area (Å²) in [5, 5.41) is 3.73. The maximum atomic E-state index is 13.6. The molecule has 4 atom stereocenters. The van der Waals surface area contributed by atoms with Gasteiger partial charge in [0.15, 0.2) is 5.82 Å². The summed E-state index contributed by atoms with van der Waals surface area (Å²) in [4.78, 5) is 38.3. The lowest BCUT2D eigenvalue weighted by atomic mass is 9.91. The lowest BCUT2D eigenvalue weighted by Crippen LogP contribution is -2.46. The molecule has 9 heteroatoms. The predicted molar refractivity (Wildman–Crippen MR) is 171 cm³/mol. The van der Waals surface area contributed by atoms with Crippen molar-refractivity contribution in [3.63, 3.8) is 0 Å². The van der Waals surface area contributed by atoms with Gasteiger partial charge in [0.05, 0.1) is 30.7 Å². The van der Waals surface area contributed by atoms with E-state index in [2.05, 4.69) is 25.2 Å². The van der Waals surface area contributed by atoms with E-state index in [0.29, 0.717) is 54.8 Å². The van der Waals surface area contributed by atoms with Gasteiger partial charge in [-0.15, -0.1) is 0 Å². The molecular weight excluding hydrogens is 556 g/mol. The van der Waals surface area contributed by atoms with Gasteiger partial charge in [0.2, 0.25) is 17.7 Å². The molecule has 0 bridgehead atoms. The van der Waals surface area contributed by atoms with Gasteiger partial charge in [-0.25, -0.2) is 4.98 Å². The molecule has 1 fully saturated rings. The molecule has 2 amide bonds. The van der Waals surface area contributed by atoms with Crippen molar-refractivity contribution in [2.75, 3.05) is 20.2 Å². The average Bonchev–Trinajstić information content (AvgIpc) is 3.42. The van der Waals surface area contributed by atoms with Crippen LogP contribution in [0.3, 0.4) is 0 Å². The number of amides is 2. The summed E-state index contributed by atoms with van der Waals surface area (Å²) < 4.78 is 17.8. The molecule has 3 heterocycles. The van der Waals surface area contributed by atoms with Gasteiger partial charge in [-0.2, -0.15) is 4.98 Å². The minimum Gasteiger partial charge on any atom is -0.497 e. The predicted octanol–water partition coefficient (Wildman–Crippen LogP) is 5.96. The van der Waals surface area contributed by atoms with Crippen molar-refractivity contribution in [2.24, 2.45) is 11.8 Å². The Morgan fingerprint density at radius 3 is 2.48 bits per heavy atom. The molecule has 234 valence electrons. The van der Waals surface area contributed by atoms with Crippen molar-refractivity contribution in [1.29, 1.82) is 0 Å². The Labute approximate surface area is 260 Å². The highest BCUT2D eigenvalue weighted by Crippen LogP contribution is 2.33. The molecule has 1 saturated heterocycles. The van der Waals surface area contributed by atoms with Crippen LogP contribution in [0, 0.1) is 11.8 Å². The van der Waals surface area contributed by atoms with E-state index in [0.717, 1.165) is 36.0 Å². The first kappa shape index (κ1) is 31.3. The summed E-state index contributed by atoms with van der Waals surface area (Å²) in [5.41, 5.74) is 1.48. The Bertz CT molecular complexity index is 1490. The van der Waals surface area contributed by atoms with E-state index in [9.17, 15) is 9.59 Å². The molecule has 5 rings (SSSR count). The zero-order valence-electron chi connectivity index (χ0n) is 26.4. The van der Waals surface area contributed by atoms with Crippen molar-refractivity contribution in [2.45, 2.75) is 78.0 Å². The SMILES string of the molecule is COc1ccc2c(O[C@@H]3C[C@H]4C(=O)NC/C=C\CC[C@H](C)C[C@@H](C)CC(=O)N4C3)nc(-c3ccc(OC(C)C)cc3)nc2c1. The quantitative estimate of drug-likeness (QED) is 0.348. The number of allylic oxidation sites excluding steroid dienone is 1. The minimum absolute atomic E-state index is 0.00905. The van der Waals surface area contributed by atoms with Crippen LogP contribution >= 0.6 is 0 Å². The third-order valence-corrected chi connectivity index (χ3v) is 8.23. The standard InChI is InChI=1S/C35H44N4O5/c1-22(2)43-26-12-10-25(11-13-26)33-37-30-19-27(42-5)14-15-29(30)35(38-33)44-28-20-31-34(41)36-16-8-6-7-9-23(3)17-24(4)18-32(40)39(31)21-28/h6,8,10-15,19,22-24,28,31H,7,9,16-18,20-21H2,1-5H3,(H,36,41)/b8-6-/t23-,24+,28+,31-/m0/s1. The summed E-state index contributed by atoms with van der Waals surface area (Å²) in [7, 11) is 1.62. The summed E-state index contributed by atoms with van der Waals surface area (Å²) in [6, 6.07) is 12.6. The molecule has 0 saturated carbocycles. The van der Waals surface area contributed by atoms with Gasteiger partial charge in [-0.05, 0) is 81.3 Å². The highest BCUT2D eigenvalue weighted by atomic mass is 16.5. The van der Waals surface area contributed by atoms with E-state index in [-0.39, 0.29) is 23.8 Å². The van der Waals surface area contributed by atoms with Crippen LogP contribution in [0.15, 0.2) is 54.6 Å². The number of aromatic nitrogens is 2. The lowest BCUT2D eigenvalue weighted by Gasteiger charge is -2.26. The molecule has 0 spiro atoms. The number of carbonyl (C=O) groups is 2. The van der Waals surface area contributed by atoms with Crippen LogP contribution in [0.1, 0.15) is 59.8 Å². The Kier molecular flexibility index (Phi) is 10.0. The number of carbonyl (C=O) groups excluding carboxylic acids is 2. The average molecular weight is 601 g/mol. The van der Waals surface area contributed by atoms with Crippen molar-refractivity contribution in [1.82, 2.24) is 20.2 Å². The second-order valence-corrected chi connectivity index (χ2v) is 12.4. The maximum absolute atomic E-state index is 13.6. The van der Waals surface area contributed by atoms with Crippen LogP contribution in [-0.4, -0.2) is 65.1 Å². The van der Waals surface area contributed by atoms with Crippen LogP contribution in [-0.2, 0) is 9.59 Å². The van der Waals surface area contributed by atoms with Gasteiger partial charge in [-0.1, -0.05) is 26.0 Å². The Hall–Kier alpha value is -4.14. The third-order valence-electron chi connectivity index (χ3n) is 8.23. The van der Waals surface area contributed by atoms with Gasteiger partial charge in [0.1, 0.15) is 23.6 Å². The zero-order chi connectivity index (χ0) is 31.2. The first-order valence-corrected chi connectivity index (χ1v) is 15.7. The monoisotopic (exact) mass is 600 g/mol. The molecule has 0 aliphatic carbocycles. The second-order valence-electron chi connectivity index (χ2n) is 12.4. The molecule has 44 heavy (non-hydrogen) atoms. The molecule has 2 aliphatic heterocycles. The largest absolute Gasteiger partial charge is 0.497 e. The van der Waals surface area contributed by atoms with Crippen molar-refractivity contribution < 1.29 is 23.8 Å². The molecule has 3 aromatic rings. The molecule has 1 N–H and O–H groups in total. The molecular formula is C35H44N4O5. The number of nitrogens with one attached hydrogen (secondary N) is 1. The highest BCUT2D eigenvalue weighted by molar-refractivity contribution is 5.89. The fourth-order valence-electron chi connectivity index (χ4n) is 6.11. The zero-order valence-corrected chi connectivity index (χ0v) is 26.4. The summed E-state index contributed by atoms with van der Waals surface area (Å²) in [6.45, 7) is 9.10. The first-order chi connectivity index (χ1) is 21.2.